The molecule has 2 aromatic heterocycles. The maximum Gasteiger partial charge on any atom is 0.344 e. The van der Waals surface area contributed by atoms with Gasteiger partial charge in [0.05, 0.1) is 12.1 Å². The van der Waals surface area contributed by atoms with Gasteiger partial charge in [0, 0.05) is 49.0 Å². The van der Waals surface area contributed by atoms with Crippen LogP contribution in [0, 0.1) is 25.5 Å². The van der Waals surface area contributed by atoms with Gasteiger partial charge in [0.2, 0.25) is 5.91 Å². The van der Waals surface area contributed by atoms with E-state index in [1.807, 2.05) is 19.9 Å². The summed E-state index contributed by atoms with van der Waals surface area (Å²) in [4.78, 5) is 42.8. The predicted octanol–water partition coefficient (Wildman–Crippen LogP) is 6.17. The second kappa shape index (κ2) is 14.9. The van der Waals surface area contributed by atoms with Crippen molar-refractivity contribution in [1.82, 2.24) is 25.0 Å². The van der Waals surface area contributed by atoms with Gasteiger partial charge in [0.25, 0.3) is 0 Å². The molecule has 0 atom stereocenters. The Kier molecular flexibility index (Phi) is 10.7. The van der Waals surface area contributed by atoms with Crippen molar-refractivity contribution in [1.29, 1.82) is 0 Å². The zero-order chi connectivity index (χ0) is 31.6. The Hall–Kier alpha value is -5.13. The van der Waals surface area contributed by atoms with E-state index in [2.05, 4.69) is 20.7 Å². The van der Waals surface area contributed by atoms with Crippen LogP contribution in [0.4, 0.5) is 24.1 Å². The summed E-state index contributed by atoms with van der Waals surface area (Å²) in [6.07, 6.45) is 4.72. The lowest BCUT2D eigenvalue weighted by Gasteiger charge is -2.17. The number of nitrogens with one attached hydrogen (secondary N) is 2. The number of halogens is 2. The normalized spacial score (nSPS) is 10.8. The van der Waals surface area contributed by atoms with Crippen LogP contribution in [0.25, 0.3) is 0 Å². The number of ether oxygens (including phenoxy) is 1. The molecule has 0 saturated heterocycles. The molecule has 12 heteroatoms. The Balaban J connectivity index is 1.21. The number of pyridine rings is 1. The van der Waals surface area contributed by atoms with E-state index < -0.39 is 23.6 Å². The summed E-state index contributed by atoms with van der Waals surface area (Å²) in [6, 6.07) is 13.5. The zero-order valence-electron chi connectivity index (χ0n) is 24.8. The van der Waals surface area contributed by atoms with Crippen molar-refractivity contribution in [2.24, 2.45) is 0 Å². The van der Waals surface area contributed by atoms with E-state index in [-0.39, 0.29) is 23.9 Å². The second-order valence-electron chi connectivity index (χ2n) is 10.4. The number of anilines is 1. The van der Waals surface area contributed by atoms with E-state index in [0.717, 1.165) is 42.4 Å². The van der Waals surface area contributed by atoms with Gasteiger partial charge in [-0.15, -0.1) is 0 Å². The molecule has 4 rings (SSSR count). The summed E-state index contributed by atoms with van der Waals surface area (Å²) in [5.41, 5.74) is 3.05. The first kappa shape index (κ1) is 31.8. The first-order valence-corrected chi connectivity index (χ1v) is 14.1. The van der Waals surface area contributed by atoms with Gasteiger partial charge in [-0.05, 0) is 75.1 Å². The van der Waals surface area contributed by atoms with Crippen LogP contribution in [0.2, 0.25) is 0 Å². The molecule has 230 valence electrons. The van der Waals surface area contributed by atoms with E-state index in [1.165, 1.54) is 41.1 Å². The molecular formula is C32H34F2N6O4. The third-order valence-electron chi connectivity index (χ3n) is 6.68. The summed E-state index contributed by atoms with van der Waals surface area (Å²) < 4.78 is 34.9. The topological polar surface area (TPSA) is 118 Å². The largest absolute Gasteiger partial charge is 0.454 e. The van der Waals surface area contributed by atoms with Crippen LogP contribution in [0.5, 0.6) is 11.5 Å². The number of benzene rings is 2. The molecule has 0 bridgehead atoms. The maximum atomic E-state index is 14.8. The van der Waals surface area contributed by atoms with Crippen molar-refractivity contribution >= 4 is 23.7 Å². The first-order chi connectivity index (χ1) is 21.1. The van der Waals surface area contributed by atoms with Crippen molar-refractivity contribution in [3.8, 4) is 11.5 Å². The number of carbonyl (C=O) groups is 3. The number of aromatic nitrogens is 3. The fourth-order valence-electron chi connectivity index (χ4n) is 4.48. The molecule has 2 heterocycles. The first-order valence-electron chi connectivity index (χ1n) is 14.1. The smallest absolute Gasteiger partial charge is 0.344 e. The highest BCUT2D eigenvalue weighted by Crippen LogP contribution is 2.27. The molecule has 44 heavy (non-hydrogen) atoms. The molecule has 0 radical (unpaired) electrons. The lowest BCUT2D eigenvalue weighted by Crippen LogP contribution is -2.35. The number of nitrogens with zero attached hydrogens (tertiary/aromatic N) is 4. The number of urea groups is 1. The summed E-state index contributed by atoms with van der Waals surface area (Å²) in [5, 5.41) is 8.80. The highest BCUT2D eigenvalue weighted by molar-refractivity contribution is 6.01. The molecular weight excluding hydrogens is 570 g/mol. The Morgan fingerprint density at radius 3 is 2.43 bits per heavy atom. The number of carbonyl (C=O) groups excluding carboxylic acids is 3. The number of unbranched alkanes of at least 4 members (excludes halogenated alkanes) is 2. The van der Waals surface area contributed by atoms with E-state index >= 15 is 0 Å². The van der Waals surface area contributed by atoms with Crippen LogP contribution in [0.1, 0.15) is 41.9 Å². The molecule has 0 saturated carbocycles. The van der Waals surface area contributed by atoms with E-state index in [4.69, 9.17) is 4.74 Å². The Labute approximate surface area is 254 Å². The fraction of sp³-hybridized carbons (Fsp3) is 0.281. The van der Waals surface area contributed by atoms with Gasteiger partial charge in [0.1, 0.15) is 11.6 Å². The van der Waals surface area contributed by atoms with Gasteiger partial charge in [-0.25, -0.2) is 18.4 Å². The molecule has 4 aromatic rings. The van der Waals surface area contributed by atoms with Gasteiger partial charge in [-0.2, -0.15) is 9.78 Å². The van der Waals surface area contributed by atoms with Crippen molar-refractivity contribution in [3.63, 3.8) is 0 Å². The van der Waals surface area contributed by atoms with Crippen molar-refractivity contribution < 1.29 is 27.9 Å². The lowest BCUT2D eigenvalue weighted by atomic mass is 10.1. The van der Waals surface area contributed by atoms with Crippen LogP contribution < -0.4 is 15.4 Å². The zero-order valence-corrected chi connectivity index (χ0v) is 24.8. The molecule has 0 aliphatic heterocycles. The summed E-state index contributed by atoms with van der Waals surface area (Å²) in [5.74, 6) is -1.37. The highest BCUT2D eigenvalue weighted by Gasteiger charge is 2.15. The van der Waals surface area contributed by atoms with E-state index in [0.29, 0.717) is 24.3 Å². The number of imide groups is 1. The molecule has 0 aliphatic carbocycles. The monoisotopic (exact) mass is 604 g/mol. The van der Waals surface area contributed by atoms with E-state index in [1.54, 1.807) is 30.3 Å². The van der Waals surface area contributed by atoms with Crippen LogP contribution in [0.3, 0.4) is 0 Å². The summed E-state index contributed by atoms with van der Waals surface area (Å²) in [7, 11) is 1.76. The number of rotatable bonds is 11. The predicted molar refractivity (Wildman–Crippen MR) is 161 cm³/mol. The fourth-order valence-corrected chi connectivity index (χ4v) is 4.48. The maximum absolute atomic E-state index is 14.8. The van der Waals surface area contributed by atoms with Gasteiger partial charge < -0.3 is 15.0 Å². The van der Waals surface area contributed by atoms with Crippen LogP contribution >= 0.6 is 0 Å². The lowest BCUT2D eigenvalue weighted by molar-refractivity contribution is -0.119. The van der Waals surface area contributed by atoms with Crippen molar-refractivity contribution in [3.05, 3.63) is 101 Å². The molecule has 0 aliphatic rings. The van der Waals surface area contributed by atoms with E-state index in [9.17, 15) is 23.2 Å². The third kappa shape index (κ3) is 9.18. The molecule has 0 unspecified atom stereocenters. The molecule has 10 nitrogen and oxygen atoms in total. The molecule has 2 N–H and O–H groups in total. The number of hydrogen-bond donors (Lipinski definition) is 2. The average Bonchev–Trinajstić information content (AvgIpc) is 3.32. The molecule has 2 aromatic carbocycles. The molecule has 0 spiro atoms. The minimum Gasteiger partial charge on any atom is -0.454 e. The standard InChI is InChI=1S/C32H34F2N6O4/c1-21-17-22(2)40(38-21)32(43)39(3)16-6-4-5-7-25-19-27(14-15-35-25)44-29-13-12-26(20-28(29)34)36-31(42)37-30(41)18-23-8-10-24(33)11-9-23/h8-15,17,19-20H,4-7,16,18H2,1-3H3,(H2,36,37,41,42). The quantitative estimate of drug-likeness (QED) is 0.198. The number of aryl methyl sites for hydroxylation is 3. The Morgan fingerprint density at radius 2 is 1.73 bits per heavy atom. The second-order valence-corrected chi connectivity index (χ2v) is 10.4. The van der Waals surface area contributed by atoms with Crippen LogP contribution in [0.15, 0.2) is 66.9 Å². The van der Waals surface area contributed by atoms with Crippen LogP contribution in [-0.2, 0) is 17.6 Å². The summed E-state index contributed by atoms with van der Waals surface area (Å²) in [6.45, 7) is 4.31. The highest BCUT2D eigenvalue weighted by atomic mass is 19.1. The average molecular weight is 605 g/mol. The Morgan fingerprint density at radius 1 is 0.955 bits per heavy atom. The number of amides is 4. The van der Waals surface area contributed by atoms with Gasteiger partial charge in [-0.1, -0.05) is 18.6 Å². The van der Waals surface area contributed by atoms with Crippen molar-refractivity contribution in [2.75, 3.05) is 18.9 Å². The van der Waals surface area contributed by atoms with Gasteiger partial charge in [0.15, 0.2) is 11.6 Å². The minimum atomic E-state index is -0.828. The molecule has 4 amide bonds. The minimum absolute atomic E-state index is 0.0455. The van der Waals surface area contributed by atoms with Crippen LogP contribution in [-0.4, -0.2) is 51.2 Å². The molecule has 0 fully saturated rings. The van der Waals surface area contributed by atoms with Gasteiger partial charge in [-0.3, -0.25) is 15.1 Å². The van der Waals surface area contributed by atoms with Gasteiger partial charge >= 0.3 is 12.1 Å². The number of hydrogen-bond acceptors (Lipinski definition) is 6. The summed E-state index contributed by atoms with van der Waals surface area (Å²) >= 11 is 0. The Bertz CT molecular complexity index is 1620. The SMILES string of the molecule is Cc1cc(C)n(C(=O)N(C)CCCCCc2cc(Oc3ccc(NC(=O)NC(=O)Cc4ccc(F)cc4)cc3F)ccn2)n1. The van der Waals surface area contributed by atoms with Crippen molar-refractivity contribution in [2.45, 2.75) is 46.0 Å². The third-order valence-corrected chi connectivity index (χ3v) is 6.68.